The number of amides is 2. The minimum atomic E-state index is -0.263. The van der Waals surface area contributed by atoms with Crippen molar-refractivity contribution >= 4 is 11.8 Å². The third kappa shape index (κ3) is 3.18. The van der Waals surface area contributed by atoms with Crippen LogP contribution >= 0.6 is 0 Å². The highest BCUT2D eigenvalue weighted by atomic mass is 16.2. The summed E-state index contributed by atoms with van der Waals surface area (Å²) in [6.07, 6.45) is 5.62. The Morgan fingerprint density at radius 3 is 2.68 bits per heavy atom. The van der Waals surface area contributed by atoms with Gasteiger partial charge < -0.3 is 14.8 Å². The molecule has 0 bridgehead atoms. The molecule has 0 spiro atoms. The smallest absolute Gasteiger partial charge is 0.270 e. The van der Waals surface area contributed by atoms with E-state index in [9.17, 15) is 9.59 Å². The SMILES string of the molecule is CNC(=O)[C@@H]1CN(C(=O)c2cccn2C(C)C)C[C@H]1c1cnn(C)c1. The van der Waals surface area contributed by atoms with Crippen LogP contribution in [0.25, 0.3) is 0 Å². The van der Waals surface area contributed by atoms with Crippen LogP contribution in [0.1, 0.15) is 41.9 Å². The lowest BCUT2D eigenvalue weighted by atomic mass is 9.90. The van der Waals surface area contributed by atoms with E-state index in [-0.39, 0.29) is 29.7 Å². The molecule has 1 aliphatic heterocycles. The summed E-state index contributed by atoms with van der Waals surface area (Å²) in [6.45, 7) is 5.03. The number of nitrogens with one attached hydrogen (secondary N) is 1. The van der Waals surface area contributed by atoms with Gasteiger partial charge in [-0.15, -0.1) is 0 Å². The summed E-state index contributed by atoms with van der Waals surface area (Å²) in [4.78, 5) is 27.2. The predicted octanol–water partition coefficient (Wildman–Crippen LogP) is 1.40. The zero-order valence-corrected chi connectivity index (χ0v) is 15.1. The van der Waals surface area contributed by atoms with E-state index in [1.165, 1.54) is 0 Å². The Morgan fingerprint density at radius 2 is 2.08 bits per heavy atom. The highest BCUT2D eigenvalue weighted by molar-refractivity contribution is 5.94. The number of likely N-dealkylation sites (tertiary alicyclic amines) is 1. The van der Waals surface area contributed by atoms with Crippen LogP contribution in [-0.4, -0.2) is 51.2 Å². The summed E-state index contributed by atoms with van der Waals surface area (Å²) in [5, 5.41) is 6.94. The van der Waals surface area contributed by atoms with Crippen molar-refractivity contribution in [2.24, 2.45) is 13.0 Å². The molecule has 25 heavy (non-hydrogen) atoms. The minimum Gasteiger partial charge on any atom is -0.359 e. The van der Waals surface area contributed by atoms with Gasteiger partial charge in [0.2, 0.25) is 5.91 Å². The van der Waals surface area contributed by atoms with Gasteiger partial charge in [0.05, 0.1) is 12.1 Å². The second kappa shape index (κ2) is 6.74. The average Bonchev–Trinajstić information content (AvgIpc) is 3.31. The van der Waals surface area contributed by atoms with Gasteiger partial charge in [0.15, 0.2) is 0 Å². The van der Waals surface area contributed by atoms with Crippen molar-refractivity contribution in [3.8, 4) is 0 Å². The molecule has 1 N–H and O–H groups in total. The first kappa shape index (κ1) is 17.3. The van der Waals surface area contributed by atoms with Crippen molar-refractivity contribution in [2.45, 2.75) is 25.8 Å². The van der Waals surface area contributed by atoms with Crippen LogP contribution in [0.4, 0.5) is 0 Å². The van der Waals surface area contributed by atoms with Gasteiger partial charge in [-0.2, -0.15) is 5.10 Å². The van der Waals surface area contributed by atoms with Crippen molar-refractivity contribution in [2.75, 3.05) is 20.1 Å². The summed E-state index contributed by atoms with van der Waals surface area (Å²) in [7, 11) is 3.49. The van der Waals surface area contributed by atoms with E-state index in [1.807, 2.05) is 50.0 Å². The maximum absolute atomic E-state index is 13.0. The van der Waals surface area contributed by atoms with Crippen LogP contribution < -0.4 is 5.32 Å². The summed E-state index contributed by atoms with van der Waals surface area (Å²) < 4.78 is 3.69. The maximum atomic E-state index is 13.0. The van der Waals surface area contributed by atoms with Crippen molar-refractivity contribution in [1.29, 1.82) is 0 Å². The Morgan fingerprint density at radius 1 is 1.32 bits per heavy atom. The molecule has 1 saturated heterocycles. The first-order chi connectivity index (χ1) is 11.9. The van der Waals surface area contributed by atoms with Crippen LogP contribution in [0.3, 0.4) is 0 Å². The molecule has 1 fully saturated rings. The Kier molecular flexibility index (Phi) is 4.65. The molecule has 2 aromatic rings. The van der Waals surface area contributed by atoms with E-state index in [4.69, 9.17) is 0 Å². The molecule has 3 rings (SSSR count). The largest absolute Gasteiger partial charge is 0.359 e. The van der Waals surface area contributed by atoms with Gasteiger partial charge in [-0.3, -0.25) is 14.3 Å². The van der Waals surface area contributed by atoms with Gasteiger partial charge in [-0.1, -0.05) is 0 Å². The normalized spacial score (nSPS) is 20.3. The third-order valence-corrected chi connectivity index (χ3v) is 4.90. The molecular weight excluding hydrogens is 318 g/mol. The van der Waals surface area contributed by atoms with E-state index >= 15 is 0 Å². The Balaban J connectivity index is 1.87. The van der Waals surface area contributed by atoms with Crippen molar-refractivity contribution < 1.29 is 9.59 Å². The molecule has 2 amide bonds. The average molecular weight is 343 g/mol. The van der Waals surface area contributed by atoms with E-state index in [1.54, 1.807) is 22.8 Å². The van der Waals surface area contributed by atoms with Crippen LogP contribution in [-0.2, 0) is 11.8 Å². The monoisotopic (exact) mass is 343 g/mol. The van der Waals surface area contributed by atoms with Crippen molar-refractivity contribution in [3.05, 3.63) is 42.0 Å². The van der Waals surface area contributed by atoms with Crippen LogP contribution in [0.5, 0.6) is 0 Å². The first-order valence-electron chi connectivity index (χ1n) is 8.58. The summed E-state index contributed by atoms with van der Waals surface area (Å²) in [5.41, 5.74) is 1.66. The molecule has 1 aliphatic rings. The van der Waals surface area contributed by atoms with Gasteiger partial charge in [0, 0.05) is 51.5 Å². The predicted molar refractivity (Wildman–Crippen MR) is 94.2 cm³/mol. The van der Waals surface area contributed by atoms with Gasteiger partial charge in [0.25, 0.3) is 5.91 Å². The standard InChI is InChI=1S/C18H25N5O2/c1-12(2)23-7-5-6-16(23)18(25)22-10-14(13-8-20-21(4)9-13)15(11-22)17(24)19-3/h5-9,12,14-15H,10-11H2,1-4H3,(H,19,24)/t14-,15+/m0/s1. The number of carbonyl (C=O) groups is 2. The third-order valence-electron chi connectivity index (χ3n) is 4.90. The number of rotatable bonds is 4. The van der Waals surface area contributed by atoms with E-state index in [0.29, 0.717) is 18.8 Å². The van der Waals surface area contributed by atoms with E-state index in [0.717, 1.165) is 5.56 Å². The van der Waals surface area contributed by atoms with Gasteiger partial charge >= 0.3 is 0 Å². The zero-order chi connectivity index (χ0) is 18.1. The molecule has 134 valence electrons. The molecule has 7 heteroatoms. The van der Waals surface area contributed by atoms with E-state index in [2.05, 4.69) is 10.4 Å². The molecule has 7 nitrogen and oxygen atoms in total. The van der Waals surface area contributed by atoms with Crippen LogP contribution in [0, 0.1) is 5.92 Å². The fourth-order valence-corrected chi connectivity index (χ4v) is 3.58. The quantitative estimate of drug-likeness (QED) is 0.912. The number of hydrogen-bond donors (Lipinski definition) is 1. The zero-order valence-electron chi connectivity index (χ0n) is 15.1. The van der Waals surface area contributed by atoms with Gasteiger partial charge in [-0.05, 0) is 31.5 Å². The fraction of sp³-hybridized carbons (Fsp3) is 0.500. The lowest BCUT2D eigenvalue weighted by Gasteiger charge is -2.19. The number of carbonyl (C=O) groups excluding carboxylic acids is 2. The highest BCUT2D eigenvalue weighted by Gasteiger charge is 2.41. The molecule has 0 saturated carbocycles. The summed E-state index contributed by atoms with van der Waals surface area (Å²) >= 11 is 0. The maximum Gasteiger partial charge on any atom is 0.270 e. The molecule has 0 aromatic carbocycles. The summed E-state index contributed by atoms with van der Waals surface area (Å²) in [5.74, 6) is -0.372. The molecule has 0 radical (unpaired) electrons. The molecule has 0 unspecified atom stereocenters. The molecular formula is C18H25N5O2. The number of aromatic nitrogens is 3. The van der Waals surface area contributed by atoms with Crippen molar-refractivity contribution in [1.82, 2.24) is 24.6 Å². The molecule has 0 aliphatic carbocycles. The number of hydrogen-bond acceptors (Lipinski definition) is 3. The minimum absolute atomic E-state index is 0.0287. The lowest BCUT2D eigenvalue weighted by molar-refractivity contribution is -0.124. The number of nitrogens with zero attached hydrogens (tertiary/aromatic N) is 4. The molecule has 2 aromatic heterocycles. The Labute approximate surface area is 147 Å². The van der Waals surface area contributed by atoms with Crippen LogP contribution in [0.15, 0.2) is 30.7 Å². The second-order valence-electron chi connectivity index (χ2n) is 6.88. The number of aryl methyl sites for hydroxylation is 1. The van der Waals surface area contributed by atoms with Crippen molar-refractivity contribution in [3.63, 3.8) is 0 Å². The fourth-order valence-electron chi connectivity index (χ4n) is 3.58. The summed E-state index contributed by atoms with van der Waals surface area (Å²) in [6, 6.07) is 3.94. The van der Waals surface area contributed by atoms with Crippen LogP contribution in [0.2, 0.25) is 0 Å². The Hall–Kier alpha value is -2.57. The molecule has 3 heterocycles. The molecule has 2 atom stereocenters. The van der Waals surface area contributed by atoms with Gasteiger partial charge in [-0.25, -0.2) is 0 Å². The van der Waals surface area contributed by atoms with E-state index < -0.39 is 0 Å². The lowest BCUT2D eigenvalue weighted by Crippen LogP contribution is -2.34. The second-order valence-corrected chi connectivity index (χ2v) is 6.88. The topological polar surface area (TPSA) is 72.2 Å². The first-order valence-corrected chi connectivity index (χ1v) is 8.58. The highest BCUT2D eigenvalue weighted by Crippen LogP contribution is 2.33. The van der Waals surface area contributed by atoms with Gasteiger partial charge in [0.1, 0.15) is 5.69 Å². The Bertz CT molecular complexity index is 776.